The summed E-state index contributed by atoms with van der Waals surface area (Å²) in [5, 5.41) is 11.0. The summed E-state index contributed by atoms with van der Waals surface area (Å²) >= 11 is 1.43. The first-order valence-electron chi connectivity index (χ1n) is 8.07. The zero-order valence-electron chi connectivity index (χ0n) is 14.4. The molecule has 0 spiro atoms. The highest BCUT2D eigenvalue weighted by Crippen LogP contribution is 2.33. The summed E-state index contributed by atoms with van der Waals surface area (Å²) in [6, 6.07) is 4.48. The largest absolute Gasteiger partial charge is 0.489 e. The van der Waals surface area contributed by atoms with Gasteiger partial charge in [0.15, 0.2) is 5.13 Å². The minimum absolute atomic E-state index is 0.0115. The third-order valence-electron chi connectivity index (χ3n) is 3.63. The number of hydrogen-bond donors (Lipinski definition) is 2. The number of aromatic nitrogens is 1. The smallest absolute Gasteiger partial charge is 0.238 e. The minimum Gasteiger partial charge on any atom is -0.489 e. The van der Waals surface area contributed by atoms with Crippen LogP contribution in [0.3, 0.4) is 0 Å². The average Bonchev–Trinajstić information content (AvgIpc) is 3.04. The van der Waals surface area contributed by atoms with Gasteiger partial charge in [0.25, 0.3) is 0 Å². The zero-order chi connectivity index (χ0) is 18.7. The van der Waals surface area contributed by atoms with Gasteiger partial charge in [-0.15, -0.1) is 11.3 Å². The Morgan fingerprint density at radius 1 is 1.38 bits per heavy atom. The molecule has 0 fully saturated rings. The normalized spacial score (nSPS) is 16.8. The van der Waals surface area contributed by atoms with Crippen LogP contribution in [0.2, 0.25) is 0 Å². The summed E-state index contributed by atoms with van der Waals surface area (Å²) in [6.07, 6.45) is 6.44. The van der Waals surface area contributed by atoms with Crippen molar-refractivity contribution in [3.63, 3.8) is 0 Å². The highest BCUT2D eigenvalue weighted by Gasteiger charge is 2.17. The molecule has 1 aliphatic rings. The van der Waals surface area contributed by atoms with Crippen molar-refractivity contribution in [1.82, 2.24) is 4.98 Å². The highest BCUT2D eigenvalue weighted by molar-refractivity contribution is 7.89. The summed E-state index contributed by atoms with van der Waals surface area (Å²) in [5.41, 5.74) is 1.42. The molecule has 0 saturated carbocycles. The second kappa shape index (κ2) is 7.56. The number of nitrogens with two attached hydrogens (primary N) is 1. The predicted molar refractivity (Wildman–Crippen MR) is 104 cm³/mol. The Hall–Kier alpha value is -2.23. The molecule has 1 atom stereocenters. The van der Waals surface area contributed by atoms with E-state index >= 15 is 0 Å². The Labute approximate surface area is 156 Å². The number of primary sulfonamides is 1. The molecule has 3 N–H and O–H groups in total. The van der Waals surface area contributed by atoms with E-state index in [2.05, 4.69) is 15.3 Å². The summed E-state index contributed by atoms with van der Waals surface area (Å²) in [4.78, 5) is 8.75. The molecule has 0 saturated heterocycles. The number of thiazole rings is 1. The van der Waals surface area contributed by atoms with Crippen LogP contribution in [0.5, 0.6) is 5.75 Å². The van der Waals surface area contributed by atoms with Crippen LogP contribution in [-0.4, -0.2) is 25.7 Å². The van der Waals surface area contributed by atoms with Crippen LogP contribution >= 0.6 is 11.3 Å². The van der Waals surface area contributed by atoms with Crippen LogP contribution < -0.4 is 15.2 Å². The lowest BCUT2D eigenvalue weighted by atomic mass is 10.0. The molecule has 1 unspecified atom stereocenters. The molecule has 26 heavy (non-hydrogen) atoms. The van der Waals surface area contributed by atoms with Crippen molar-refractivity contribution < 1.29 is 13.2 Å². The van der Waals surface area contributed by atoms with Gasteiger partial charge in [-0.05, 0) is 38.5 Å². The van der Waals surface area contributed by atoms with E-state index in [4.69, 9.17) is 9.88 Å². The van der Waals surface area contributed by atoms with Crippen molar-refractivity contribution in [2.45, 2.75) is 37.2 Å². The number of anilines is 2. The van der Waals surface area contributed by atoms with Crippen LogP contribution in [-0.2, 0) is 10.0 Å². The summed E-state index contributed by atoms with van der Waals surface area (Å²) in [7, 11) is -3.81. The SMILES string of the molecule is CC(C)Oc1ccc(S(N)(=O)=O)cc1Nc1nc(C2C=NC=CC2)cs1. The minimum atomic E-state index is -3.81. The quantitative estimate of drug-likeness (QED) is 0.783. The Bertz CT molecular complexity index is 949. The Kier molecular flexibility index (Phi) is 5.40. The second-order valence-electron chi connectivity index (χ2n) is 6.10. The standard InChI is InChI=1S/C17H20N4O3S2/c1-11(2)24-16-6-5-13(26(18,22)23)8-14(16)20-17-21-15(10-25-17)12-4-3-7-19-9-12/h3,5-12H,4H2,1-2H3,(H,20,21)(H2,18,22,23). The van der Waals surface area contributed by atoms with Crippen LogP contribution in [0.25, 0.3) is 0 Å². The number of rotatable bonds is 6. The van der Waals surface area contributed by atoms with E-state index in [9.17, 15) is 8.42 Å². The molecule has 0 radical (unpaired) electrons. The highest BCUT2D eigenvalue weighted by atomic mass is 32.2. The third kappa shape index (κ3) is 4.48. The Balaban J connectivity index is 1.89. The monoisotopic (exact) mass is 392 g/mol. The fourth-order valence-corrected chi connectivity index (χ4v) is 3.78. The van der Waals surface area contributed by atoms with E-state index in [1.165, 1.54) is 23.5 Å². The fourth-order valence-electron chi connectivity index (χ4n) is 2.45. The molecule has 9 heteroatoms. The first-order chi connectivity index (χ1) is 12.3. The molecule has 1 aliphatic heterocycles. The van der Waals surface area contributed by atoms with Crippen LogP contribution in [0.4, 0.5) is 10.8 Å². The van der Waals surface area contributed by atoms with Crippen molar-refractivity contribution in [2.75, 3.05) is 5.32 Å². The summed E-state index contributed by atoms with van der Waals surface area (Å²) < 4.78 is 29.1. The van der Waals surface area contributed by atoms with Crippen LogP contribution in [0.1, 0.15) is 31.9 Å². The number of aliphatic imine (C=N–C) groups is 1. The second-order valence-corrected chi connectivity index (χ2v) is 8.52. The van der Waals surface area contributed by atoms with Gasteiger partial charge in [0, 0.05) is 23.7 Å². The lowest BCUT2D eigenvalue weighted by Crippen LogP contribution is -2.13. The van der Waals surface area contributed by atoms with E-state index in [-0.39, 0.29) is 16.9 Å². The molecular weight excluding hydrogens is 372 g/mol. The van der Waals surface area contributed by atoms with Gasteiger partial charge in [-0.3, -0.25) is 4.99 Å². The Morgan fingerprint density at radius 3 is 2.85 bits per heavy atom. The van der Waals surface area contributed by atoms with Crippen molar-refractivity contribution >= 4 is 38.4 Å². The van der Waals surface area contributed by atoms with E-state index in [1.807, 2.05) is 31.5 Å². The van der Waals surface area contributed by atoms with Gasteiger partial charge in [0.05, 0.1) is 22.4 Å². The molecule has 0 bridgehead atoms. The molecule has 0 amide bonds. The maximum atomic E-state index is 11.7. The van der Waals surface area contributed by atoms with E-state index in [1.54, 1.807) is 12.3 Å². The molecule has 3 rings (SSSR count). The van der Waals surface area contributed by atoms with Gasteiger partial charge in [-0.1, -0.05) is 6.08 Å². The lowest BCUT2D eigenvalue weighted by molar-refractivity contribution is 0.243. The van der Waals surface area contributed by atoms with Gasteiger partial charge < -0.3 is 10.1 Å². The fraction of sp³-hybridized carbons (Fsp3) is 0.294. The van der Waals surface area contributed by atoms with Gasteiger partial charge in [-0.2, -0.15) is 0 Å². The van der Waals surface area contributed by atoms with Crippen molar-refractivity contribution in [3.8, 4) is 5.75 Å². The maximum absolute atomic E-state index is 11.7. The third-order valence-corrected chi connectivity index (χ3v) is 5.32. The van der Waals surface area contributed by atoms with Gasteiger partial charge in [0.1, 0.15) is 5.75 Å². The first-order valence-corrected chi connectivity index (χ1v) is 10.5. The topological polar surface area (TPSA) is 107 Å². The van der Waals surface area contributed by atoms with E-state index in [0.717, 1.165) is 12.1 Å². The molecule has 1 aromatic carbocycles. The van der Waals surface area contributed by atoms with Gasteiger partial charge in [-0.25, -0.2) is 18.5 Å². The molecule has 1 aromatic heterocycles. The molecule has 7 nitrogen and oxygen atoms in total. The number of nitrogens with one attached hydrogen (secondary N) is 1. The first kappa shape index (κ1) is 18.6. The number of ether oxygens (including phenoxy) is 1. The molecule has 138 valence electrons. The number of allylic oxidation sites excluding steroid dienone is 1. The molecule has 2 aromatic rings. The number of hydrogen-bond acceptors (Lipinski definition) is 7. The van der Waals surface area contributed by atoms with Crippen molar-refractivity contribution in [3.05, 3.63) is 41.5 Å². The van der Waals surface area contributed by atoms with E-state index in [0.29, 0.717) is 16.6 Å². The van der Waals surface area contributed by atoms with Crippen LogP contribution in [0.15, 0.2) is 45.7 Å². The summed E-state index contributed by atoms with van der Waals surface area (Å²) in [6.45, 7) is 3.80. The summed E-state index contributed by atoms with van der Waals surface area (Å²) in [5.74, 6) is 0.681. The maximum Gasteiger partial charge on any atom is 0.238 e. The average molecular weight is 393 g/mol. The number of nitrogens with zero attached hydrogens (tertiary/aromatic N) is 2. The van der Waals surface area contributed by atoms with Gasteiger partial charge in [0.2, 0.25) is 10.0 Å². The number of sulfonamides is 1. The molecule has 2 heterocycles. The molecule has 0 aliphatic carbocycles. The van der Waals surface area contributed by atoms with Crippen molar-refractivity contribution in [1.29, 1.82) is 0 Å². The zero-order valence-corrected chi connectivity index (χ0v) is 16.0. The van der Waals surface area contributed by atoms with E-state index < -0.39 is 10.0 Å². The lowest BCUT2D eigenvalue weighted by Gasteiger charge is -2.15. The van der Waals surface area contributed by atoms with Crippen LogP contribution in [0, 0.1) is 0 Å². The molecular formula is C17H20N4O3S2. The number of benzene rings is 1. The van der Waals surface area contributed by atoms with Gasteiger partial charge >= 0.3 is 0 Å². The predicted octanol–water partition coefficient (Wildman–Crippen LogP) is 3.39. The van der Waals surface area contributed by atoms with Crippen molar-refractivity contribution in [2.24, 2.45) is 10.1 Å². The Morgan fingerprint density at radius 2 is 2.19 bits per heavy atom.